The van der Waals surface area contributed by atoms with Gasteiger partial charge in [-0.3, -0.25) is 9.59 Å². The third-order valence-electron chi connectivity index (χ3n) is 8.84. The van der Waals surface area contributed by atoms with Crippen molar-refractivity contribution in [3.8, 4) is 0 Å². The van der Waals surface area contributed by atoms with Gasteiger partial charge in [0.15, 0.2) is 8.32 Å². The lowest BCUT2D eigenvalue weighted by molar-refractivity contribution is -0.151. The fraction of sp³-hybridized carbons (Fsp3) is 0.655. The van der Waals surface area contributed by atoms with Crippen LogP contribution in [-0.2, 0) is 23.5 Å². The highest BCUT2D eigenvalue weighted by Gasteiger charge is 2.48. The van der Waals surface area contributed by atoms with Crippen LogP contribution < -0.4 is 5.19 Å². The smallest absolute Gasteiger partial charge is 0.306 e. The molecule has 0 aromatic heterocycles. The molecule has 1 aliphatic heterocycles. The molecule has 5 nitrogen and oxygen atoms in total. The van der Waals surface area contributed by atoms with Crippen LogP contribution in [0.25, 0.3) is 0 Å². The number of carbonyl (C=O) groups excluding carboxylic acids is 2. The zero-order chi connectivity index (χ0) is 26.7. The zero-order valence-corrected chi connectivity index (χ0v) is 25.6. The molecular formula is C29H46O5Si2. The number of ether oxygens (including phenoxy) is 2. The number of hydrogen-bond donors (Lipinski definition) is 0. The summed E-state index contributed by atoms with van der Waals surface area (Å²) in [5.41, 5.74) is 2.25. The molecule has 0 unspecified atom stereocenters. The average Bonchev–Trinajstić information content (AvgIpc) is 2.94. The number of esters is 1. The standard InChI is InChI=1S/C29H46O5Si2/c1-21-14-15-26(31)33-28-24(16-17-35(5,6)23-12-10-9-11-13-23)25(34-36(7,8)29(2,3)4)18-22(27(21)28)19-32-20-30/h9-13,20-21,24-25,28H,14-19H2,1-8H3/t21-,24+,25+,28+/m0/s1. The number of carbonyl (C=O) groups is 2. The Morgan fingerprint density at radius 1 is 1.11 bits per heavy atom. The van der Waals surface area contributed by atoms with Crippen molar-refractivity contribution >= 4 is 34.0 Å². The minimum Gasteiger partial charge on any atom is -0.463 e. The predicted octanol–water partition coefficient (Wildman–Crippen LogP) is 6.21. The molecule has 36 heavy (non-hydrogen) atoms. The maximum absolute atomic E-state index is 12.8. The van der Waals surface area contributed by atoms with Gasteiger partial charge in [0.1, 0.15) is 12.7 Å². The van der Waals surface area contributed by atoms with E-state index in [0.29, 0.717) is 12.9 Å². The van der Waals surface area contributed by atoms with Crippen molar-refractivity contribution in [2.24, 2.45) is 11.8 Å². The number of benzene rings is 1. The van der Waals surface area contributed by atoms with E-state index in [4.69, 9.17) is 13.9 Å². The second-order valence-corrected chi connectivity index (χ2v) is 22.5. The second kappa shape index (κ2) is 11.4. The topological polar surface area (TPSA) is 61.8 Å². The Balaban J connectivity index is 2.02. The van der Waals surface area contributed by atoms with Crippen molar-refractivity contribution in [3.63, 3.8) is 0 Å². The van der Waals surface area contributed by atoms with Crippen LogP contribution >= 0.6 is 0 Å². The van der Waals surface area contributed by atoms with Crippen molar-refractivity contribution in [3.05, 3.63) is 41.5 Å². The summed E-state index contributed by atoms with van der Waals surface area (Å²) in [4.78, 5) is 23.9. The Hall–Kier alpha value is -1.71. The summed E-state index contributed by atoms with van der Waals surface area (Å²) in [5, 5.41) is 1.51. The fourth-order valence-corrected chi connectivity index (χ4v) is 9.28. The van der Waals surface area contributed by atoms with Crippen LogP contribution in [0.5, 0.6) is 0 Å². The van der Waals surface area contributed by atoms with E-state index in [9.17, 15) is 9.59 Å². The molecule has 7 heteroatoms. The molecule has 0 N–H and O–H groups in total. The number of rotatable bonds is 9. The average molecular weight is 531 g/mol. The quantitative estimate of drug-likeness (QED) is 0.164. The molecule has 0 saturated carbocycles. The maximum atomic E-state index is 12.8. The molecule has 0 bridgehead atoms. The summed E-state index contributed by atoms with van der Waals surface area (Å²) < 4.78 is 18.6. The lowest BCUT2D eigenvalue weighted by Crippen LogP contribution is -2.51. The molecule has 1 aromatic rings. The summed E-state index contributed by atoms with van der Waals surface area (Å²) in [6, 6.07) is 11.9. The van der Waals surface area contributed by atoms with Crippen LogP contribution in [0.3, 0.4) is 0 Å². The van der Waals surface area contributed by atoms with E-state index in [0.717, 1.165) is 30.9 Å². The summed E-state index contributed by atoms with van der Waals surface area (Å²) in [6.45, 7) is 19.1. The molecule has 0 spiro atoms. The molecular weight excluding hydrogens is 484 g/mol. The molecule has 1 aliphatic carbocycles. The van der Waals surface area contributed by atoms with Crippen molar-refractivity contribution in [1.82, 2.24) is 0 Å². The summed E-state index contributed by atoms with van der Waals surface area (Å²) in [7, 11) is -3.80. The highest BCUT2D eigenvalue weighted by Crippen LogP contribution is 2.46. The van der Waals surface area contributed by atoms with Crippen LogP contribution in [0.15, 0.2) is 41.5 Å². The maximum Gasteiger partial charge on any atom is 0.306 e. The first-order valence-corrected chi connectivity index (χ1v) is 19.6. The van der Waals surface area contributed by atoms with Gasteiger partial charge in [-0.15, -0.1) is 0 Å². The summed E-state index contributed by atoms with van der Waals surface area (Å²) in [5.74, 6) is 0.173. The van der Waals surface area contributed by atoms with Crippen molar-refractivity contribution < 1.29 is 23.5 Å². The number of fused-ring (bicyclic) bond motifs is 1. The third-order valence-corrected chi connectivity index (χ3v) is 16.8. The van der Waals surface area contributed by atoms with E-state index >= 15 is 0 Å². The highest BCUT2D eigenvalue weighted by molar-refractivity contribution is 6.89. The van der Waals surface area contributed by atoms with Crippen LogP contribution in [0.1, 0.15) is 53.4 Å². The first-order chi connectivity index (χ1) is 16.8. The van der Waals surface area contributed by atoms with Gasteiger partial charge in [-0.25, -0.2) is 0 Å². The van der Waals surface area contributed by atoms with E-state index in [1.807, 2.05) is 0 Å². The van der Waals surface area contributed by atoms with Crippen molar-refractivity contribution in [2.75, 3.05) is 6.61 Å². The molecule has 200 valence electrons. The molecule has 1 fully saturated rings. The van der Waals surface area contributed by atoms with Gasteiger partial charge in [0, 0.05) is 12.3 Å². The van der Waals surface area contributed by atoms with Crippen LogP contribution in [0.4, 0.5) is 0 Å². The van der Waals surface area contributed by atoms with E-state index in [2.05, 4.69) is 84.2 Å². The SMILES string of the molecule is C[C@H]1CCC(=O)O[C@H]2C1=C(COC=O)C[C@@H](O[Si](C)(C)C(C)(C)C)[C@H]2CC[Si](C)(C)c1ccccc1. The van der Waals surface area contributed by atoms with E-state index < -0.39 is 16.4 Å². The fourth-order valence-electron chi connectivity index (χ4n) is 5.47. The molecule has 1 heterocycles. The first kappa shape index (κ1) is 28.9. The normalized spacial score (nSPS) is 25.6. The molecule has 0 amide bonds. The van der Waals surface area contributed by atoms with Gasteiger partial charge in [0.05, 0.1) is 14.2 Å². The monoisotopic (exact) mass is 530 g/mol. The molecule has 0 radical (unpaired) electrons. The Morgan fingerprint density at radius 3 is 2.39 bits per heavy atom. The Bertz CT molecular complexity index is 948. The molecule has 1 saturated heterocycles. The van der Waals surface area contributed by atoms with Crippen LogP contribution in [0.2, 0.25) is 37.3 Å². The van der Waals surface area contributed by atoms with Gasteiger partial charge in [-0.1, -0.05) is 82.4 Å². The predicted molar refractivity (Wildman–Crippen MR) is 150 cm³/mol. The van der Waals surface area contributed by atoms with E-state index in [-0.39, 0.29) is 41.7 Å². The zero-order valence-electron chi connectivity index (χ0n) is 23.6. The van der Waals surface area contributed by atoms with Crippen LogP contribution in [-0.4, -0.2) is 47.6 Å². The third kappa shape index (κ3) is 6.59. The van der Waals surface area contributed by atoms with Crippen molar-refractivity contribution in [1.29, 1.82) is 0 Å². The van der Waals surface area contributed by atoms with Gasteiger partial charge < -0.3 is 13.9 Å². The van der Waals surface area contributed by atoms with Gasteiger partial charge in [0.2, 0.25) is 0 Å². The molecule has 4 atom stereocenters. The molecule has 3 rings (SSSR count). The highest BCUT2D eigenvalue weighted by atomic mass is 28.4. The Morgan fingerprint density at radius 2 is 1.78 bits per heavy atom. The van der Waals surface area contributed by atoms with E-state index in [1.165, 1.54) is 10.8 Å². The lowest BCUT2D eigenvalue weighted by Gasteiger charge is -2.47. The van der Waals surface area contributed by atoms with Gasteiger partial charge in [-0.2, -0.15) is 0 Å². The molecule has 2 aliphatic rings. The first-order valence-electron chi connectivity index (χ1n) is 13.5. The second-order valence-electron chi connectivity index (χ2n) is 12.9. The minimum atomic E-state index is -2.10. The van der Waals surface area contributed by atoms with Crippen LogP contribution in [0, 0.1) is 11.8 Å². The van der Waals surface area contributed by atoms with Gasteiger partial charge >= 0.3 is 5.97 Å². The van der Waals surface area contributed by atoms with E-state index in [1.54, 1.807) is 0 Å². The van der Waals surface area contributed by atoms with Gasteiger partial charge in [0.25, 0.3) is 6.47 Å². The summed E-state index contributed by atoms with van der Waals surface area (Å²) >= 11 is 0. The Kier molecular flexibility index (Phi) is 9.10. The number of hydrogen-bond acceptors (Lipinski definition) is 5. The Labute approximate surface area is 220 Å². The molecule has 1 aromatic carbocycles. The lowest BCUT2D eigenvalue weighted by atomic mass is 9.73. The van der Waals surface area contributed by atoms with Crippen molar-refractivity contribution in [2.45, 2.75) is 103 Å². The summed E-state index contributed by atoms with van der Waals surface area (Å²) in [6.07, 6.45) is 2.48. The minimum absolute atomic E-state index is 0.0620. The van der Waals surface area contributed by atoms with Gasteiger partial charge in [-0.05, 0) is 54.5 Å². The largest absolute Gasteiger partial charge is 0.463 e.